The summed E-state index contributed by atoms with van der Waals surface area (Å²) in [5.74, 6) is -0.554. The molecule has 0 radical (unpaired) electrons. The lowest BCUT2D eigenvalue weighted by Gasteiger charge is -2.34. The number of rotatable bonds is 5. The van der Waals surface area contributed by atoms with E-state index < -0.39 is 0 Å². The van der Waals surface area contributed by atoms with E-state index in [4.69, 9.17) is 5.73 Å². The predicted molar refractivity (Wildman–Crippen MR) is 120 cm³/mol. The molecular weight excluding hydrogens is 390 g/mol. The average Bonchev–Trinajstić information content (AvgIpc) is 3.17. The van der Waals surface area contributed by atoms with Gasteiger partial charge in [-0.2, -0.15) is 0 Å². The van der Waals surface area contributed by atoms with E-state index in [2.05, 4.69) is 56.5 Å². The number of allylic oxidation sites excluding steroid dienone is 2. The van der Waals surface area contributed by atoms with E-state index in [1.165, 1.54) is 5.56 Å². The molecule has 160 valence electrons. The molecule has 2 aromatic rings. The minimum absolute atomic E-state index is 0.0202. The Morgan fingerprint density at radius 1 is 1.10 bits per heavy atom. The van der Waals surface area contributed by atoms with E-state index in [9.17, 15) is 9.59 Å². The molecule has 1 saturated heterocycles. The molecule has 3 heterocycles. The van der Waals surface area contributed by atoms with Gasteiger partial charge in [0.15, 0.2) is 0 Å². The number of aromatic amines is 1. The molecule has 2 unspecified atom stereocenters. The third-order valence-electron chi connectivity index (χ3n) is 6.29. The SMILES string of the molecule is NC(=O)CN1CCN(Cc2ccc3[nH]c(C4C=C5C=CC=CC5NC4=O)cc3c2)CC1. The first-order chi connectivity index (χ1) is 15.0. The molecule has 1 aromatic heterocycles. The molecule has 0 saturated carbocycles. The van der Waals surface area contributed by atoms with Crippen molar-refractivity contribution >= 4 is 22.7 Å². The molecule has 0 spiro atoms. The smallest absolute Gasteiger partial charge is 0.233 e. The van der Waals surface area contributed by atoms with E-state index >= 15 is 0 Å². The van der Waals surface area contributed by atoms with Crippen molar-refractivity contribution in [3.05, 3.63) is 71.5 Å². The molecule has 3 aliphatic rings. The molecule has 7 nitrogen and oxygen atoms in total. The average molecular weight is 418 g/mol. The number of primary amides is 1. The number of nitrogens with one attached hydrogen (secondary N) is 2. The molecule has 2 aliphatic heterocycles. The zero-order valence-corrected chi connectivity index (χ0v) is 17.4. The summed E-state index contributed by atoms with van der Waals surface area (Å²) in [7, 11) is 0. The zero-order chi connectivity index (χ0) is 21.4. The second kappa shape index (κ2) is 8.17. The van der Waals surface area contributed by atoms with E-state index in [0.717, 1.165) is 54.9 Å². The quantitative estimate of drug-likeness (QED) is 0.686. The number of hydrogen-bond donors (Lipinski definition) is 3. The monoisotopic (exact) mass is 417 g/mol. The third kappa shape index (κ3) is 4.19. The first-order valence-electron chi connectivity index (χ1n) is 10.8. The van der Waals surface area contributed by atoms with Gasteiger partial charge in [-0.25, -0.2) is 0 Å². The molecule has 31 heavy (non-hydrogen) atoms. The Labute approximate surface area is 181 Å². The summed E-state index contributed by atoms with van der Waals surface area (Å²) in [6.07, 6.45) is 10.1. The van der Waals surface area contributed by atoms with Crippen molar-refractivity contribution in [3.63, 3.8) is 0 Å². The predicted octanol–water partition coefficient (Wildman–Crippen LogP) is 1.41. The van der Waals surface area contributed by atoms with Crippen LogP contribution in [-0.2, 0) is 16.1 Å². The maximum atomic E-state index is 12.7. The number of piperazine rings is 1. The molecule has 1 aliphatic carbocycles. The van der Waals surface area contributed by atoms with Crippen molar-refractivity contribution in [2.45, 2.75) is 18.5 Å². The highest BCUT2D eigenvalue weighted by molar-refractivity contribution is 5.91. The van der Waals surface area contributed by atoms with Crippen molar-refractivity contribution in [1.82, 2.24) is 20.1 Å². The summed E-state index contributed by atoms with van der Waals surface area (Å²) in [5, 5.41) is 4.21. The number of nitrogens with two attached hydrogens (primary N) is 1. The highest BCUT2D eigenvalue weighted by Crippen LogP contribution is 2.29. The van der Waals surface area contributed by atoms with Gasteiger partial charge in [0.05, 0.1) is 18.5 Å². The van der Waals surface area contributed by atoms with Crippen LogP contribution in [0.2, 0.25) is 0 Å². The molecule has 2 amide bonds. The Hall–Kier alpha value is -3.16. The van der Waals surface area contributed by atoms with Crippen LogP contribution in [0.15, 0.2) is 60.2 Å². The Morgan fingerprint density at radius 3 is 2.71 bits per heavy atom. The Morgan fingerprint density at radius 2 is 1.90 bits per heavy atom. The van der Waals surface area contributed by atoms with Crippen LogP contribution >= 0.6 is 0 Å². The molecule has 1 aromatic carbocycles. The number of H-pyrrole nitrogens is 1. The van der Waals surface area contributed by atoms with Crippen molar-refractivity contribution in [2.24, 2.45) is 5.73 Å². The molecule has 2 atom stereocenters. The summed E-state index contributed by atoms with van der Waals surface area (Å²) in [4.78, 5) is 31.7. The van der Waals surface area contributed by atoms with Crippen LogP contribution in [0.5, 0.6) is 0 Å². The number of carbonyl (C=O) groups is 2. The van der Waals surface area contributed by atoms with Crippen LogP contribution in [0.3, 0.4) is 0 Å². The lowest BCUT2D eigenvalue weighted by atomic mass is 9.90. The topological polar surface area (TPSA) is 94.5 Å². The van der Waals surface area contributed by atoms with E-state index in [1.807, 2.05) is 18.2 Å². The molecule has 0 bridgehead atoms. The van der Waals surface area contributed by atoms with E-state index in [-0.39, 0.29) is 23.8 Å². The zero-order valence-electron chi connectivity index (χ0n) is 17.4. The van der Waals surface area contributed by atoms with Crippen LogP contribution in [0.4, 0.5) is 0 Å². The fourth-order valence-electron chi connectivity index (χ4n) is 4.64. The van der Waals surface area contributed by atoms with Crippen molar-refractivity contribution in [2.75, 3.05) is 32.7 Å². The van der Waals surface area contributed by atoms with Gasteiger partial charge in [0, 0.05) is 43.9 Å². The van der Waals surface area contributed by atoms with Gasteiger partial charge in [0.25, 0.3) is 0 Å². The molecule has 4 N–H and O–H groups in total. The van der Waals surface area contributed by atoms with Gasteiger partial charge < -0.3 is 16.0 Å². The van der Waals surface area contributed by atoms with Gasteiger partial charge in [0.1, 0.15) is 0 Å². The number of carbonyl (C=O) groups excluding carboxylic acids is 2. The minimum atomic E-state index is -0.309. The number of nitrogens with zero attached hydrogens (tertiary/aromatic N) is 2. The first-order valence-corrected chi connectivity index (χ1v) is 10.8. The standard InChI is InChI=1S/C24H27N5O2/c25-23(30)15-29-9-7-28(8-10-29)14-16-5-6-21-18(11-16)13-22(26-21)19-12-17-3-1-2-4-20(17)27-24(19)31/h1-6,11-13,19-20,26H,7-10,14-15H2,(H2,25,30)(H,27,31). The molecular formula is C24H27N5O2. The van der Waals surface area contributed by atoms with Crippen LogP contribution in [-0.4, -0.2) is 65.4 Å². The number of aromatic nitrogens is 1. The highest BCUT2D eigenvalue weighted by atomic mass is 16.2. The van der Waals surface area contributed by atoms with Crippen molar-refractivity contribution in [1.29, 1.82) is 0 Å². The Bertz CT molecular complexity index is 1100. The maximum Gasteiger partial charge on any atom is 0.233 e. The number of hydrogen-bond acceptors (Lipinski definition) is 4. The normalized spacial score (nSPS) is 24.1. The summed E-state index contributed by atoms with van der Waals surface area (Å²) in [6.45, 7) is 4.76. The van der Waals surface area contributed by atoms with Crippen LogP contribution in [0.25, 0.3) is 10.9 Å². The van der Waals surface area contributed by atoms with Crippen LogP contribution < -0.4 is 11.1 Å². The second-order valence-electron chi connectivity index (χ2n) is 8.54. The van der Waals surface area contributed by atoms with Crippen LogP contribution in [0, 0.1) is 0 Å². The van der Waals surface area contributed by atoms with Crippen LogP contribution in [0.1, 0.15) is 17.2 Å². The van der Waals surface area contributed by atoms with Gasteiger partial charge in [-0.15, -0.1) is 0 Å². The lowest BCUT2D eigenvalue weighted by molar-refractivity contribution is -0.122. The largest absolute Gasteiger partial charge is 0.369 e. The van der Waals surface area contributed by atoms with Gasteiger partial charge in [-0.1, -0.05) is 36.4 Å². The second-order valence-corrected chi connectivity index (χ2v) is 8.54. The minimum Gasteiger partial charge on any atom is -0.369 e. The van der Waals surface area contributed by atoms with Crippen molar-refractivity contribution < 1.29 is 9.59 Å². The summed E-state index contributed by atoms with van der Waals surface area (Å²) < 4.78 is 0. The highest BCUT2D eigenvalue weighted by Gasteiger charge is 2.29. The summed E-state index contributed by atoms with van der Waals surface area (Å²) in [5.41, 5.74) is 9.62. The third-order valence-corrected chi connectivity index (χ3v) is 6.29. The summed E-state index contributed by atoms with van der Waals surface area (Å²) in [6, 6.07) is 8.51. The fraction of sp³-hybridized carbons (Fsp3) is 0.333. The molecule has 7 heteroatoms. The van der Waals surface area contributed by atoms with Gasteiger partial charge in [0.2, 0.25) is 11.8 Å². The fourth-order valence-corrected chi connectivity index (χ4v) is 4.64. The first kappa shape index (κ1) is 19.8. The van der Waals surface area contributed by atoms with Crippen molar-refractivity contribution in [3.8, 4) is 0 Å². The lowest BCUT2D eigenvalue weighted by Crippen LogP contribution is -2.48. The van der Waals surface area contributed by atoms with E-state index in [1.54, 1.807) is 0 Å². The number of benzene rings is 1. The van der Waals surface area contributed by atoms with Gasteiger partial charge in [-0.3, -0.25) is 19.4 Å². The Balaban J connectivity index is 1.30. The van der Waals surface area contributed by atoms with Gasteiger partial charge >= 0.3 is 0 Å². The maximum absolute atomic E-state index is 12.7. The molecule has 1 fully saturated rings. The van der Waals surface area contributed by atoms with Gasteiger partial charge in [-0.05, 0) is 34.7 Å². The molecule has 5 rings (SSSR count). The number of amides is 2. The van der Waals surface area contributed by atoms with E-state index in [0.29, 0.717) is 6.54 Å². The Kier molecular flexibility index (Phi) is 5.21. The summed E-state index contributed by atoms with van der Waals surface area (Å²) >= 11 is 0. The number of fused-ring (bicyclic) bond motifs is 2.